The molecule has 26 heavy (non-hydrogen) atoms. The van der Waals surface area contributed by atoms with Crippen molar-refractivity contribution >= 4 is 23.0 Å². The molecule has 1 aliphatic heterocycles. The van der Waals surface area contributed by atoms with Crippen LogP contribution in [0.25, 0.3) is 5.69 Å². The zero-order valence-corrected chi connectivity index (χ0v) is 15.6. The number of hydrogen-bond donors (Lipinski definition) is 0. The third-order valence-corrected chi connectivity index (χ3v) is 5.24. The fourth-order valence-electron chi connectivity index (χ4n) is 3.21. The van der Waals surface area contributed by atoms with Gasteiger partial charge in [0.2, 0.25) is 0 Å². The second kappa shape index (κ2) is 7.07. The minimum absolute atomic E-state index is 0.0447. The Kier molecular flexibility index (Phi) is 5.00. The van der Waals surface area contributed by atoms with E-state index in [0.29, 0.717) is 11.4 Å². The lowest BCUT2D eigenvalue weighted by Gasteiger charge is -2.25. The molecule has 2 heterocycles. The monoisotopic (exact) mass is 376 g/mol. The highest BCUT2D eigenvalue weighted by molar-refractivity contribution is 6.33. The van der Waals surface area contributed by atoms with Gasteiger partial charge in [-0.3, -0.25) is 14.9 Å². The van der Waals surface area contributed by atoms with E-state index in [0.717, 1.165) is 37.0 Å². The van der Waals surface area contributed by atoms with Crippen LogP contribution in [0.15, 0.2) is 35.3 Å². The summed E-state index contributed by atoms with van der Waals surface area (Å²) < 4.78 is 1.16. The molecular weight excluding hydrogens is 356 g/mol. The van der Waals surface area contributed by atoms with Crippen LogP contribution >= 0.6 is 11.6 Å². The van der Waals surface area contributed by atoms with Crippen molar-refractivity contribution in [1.82, 2.24) is 9.78 Å². The topological polar surface area (TPSA) is 81.3 Å². The molecule has 7 nitrogen and oxygen atoms in total. The number of halogens is 1. The first-order chi connectivity index (χ1) is 12.3. The highest BCUT2D eigenvalue weighted by Crippen LogP contribution is 2.33. The van der Waals surface area contributed by atoms with E-state index in [-0.39, 0.29) is 16.1 Å². The van der Waals surface area contributed by atoms with Crippen LogP contribution < -0.4 is 10.5 Å². The molecule has 8 heteroatoms. The van der Waals surface area contributed by atoms with E-state index in [1.807, 2.05) is 0 Å². The van der Waals surface area contributed by atoms with Crippen molar-refractivity contribution in [1.29, 1.82) is 0 Å². The predicted octanol–water partition coefficient (Wildman–Crippen LogP) is 3.81. The maximum Gasteiger partial charge on any atom is 0.292 e. The SMILES string of the molecule is CC1(C)CCCN(c2cnn(-c3ccc([N+](=O)[O-])cc3)c(=O)c2Cl)CC1. The molecule has 0 atom stereocenters. The number of rotatable bonds is 3. The highest BCUT2D eigenvalue weighted by atomic mass is 35.5. The first kappa shape index (κ1) is 18.4. The van der Waals surface area contributed by atoms with Crippen molar-refractivity contribution in [2.75, 3.05) is 18.0 Å². The van der Waals surface area contributed by atoms with Crippen molar-refractivity contribution in [2.45, 2.75) is 33.1 Å². The van der Waals surface area contributed by atoms with Gasteiger partial charge in [-0.25, -0.2) is 0 Å². The molecule has 0 unspecified atom stereocenters. The summed E-state index contributed by atoms with van der Waals surface area (Å²) in [6.07, 6.45) is 4.79. The summed E-state index contributed by atoms with van der Waals surface area (Å²) in [4.78, 5) is 25.1. The molecule has 0 amide bonds. The number of nitro groups is 1. The van der Waals surface area contributed by atoms with Gasteiger partial charge in [0.15, 0.2) is 0 Å². The van der Waals surface area contributed by atoms with E-state index in [9.17, 15) is 14.9 Å². The summed E-state index contributed by atoms with van der Waals surface area (Å²) in [5.74, 6) is 0. The first-order valence-corrected chi connectivity index (χ1v) is 8.94. The van der Waals surface area contributed by atoms with Gasteiger partial charge in [-0.15, -0.1) is 0 Å². The zero-order valence-electron chi connectivity index (χ0n) is 14.8. The average molecular weight is 377 g/mol. The van der Waals surface area contributed by atoms with Gasteiger partial charge in [-0.1, -0.05) is 25.4 Å². The number of non-ortho nitro benzene ring substituents is 1. The Bertz CT molecular complexity index is 877. The Morgan fingerprint density at radius 1 is 1.19 bits per heavy atom. The van der Waals surface area contributed by atoms with E-state index < -0.39 is 10.5 Å². The van der Waals surface area contributed by atoms with Gasteiger partial charge >= 0.3 is 0 Å². The third-order valence-electron chi connectivity index (χ3n) is 4.89. The van der Waals surface area contributed by atoms with Gasteiger partial charge in [0, 0.05) is 25.2 Å². The first-order valence-electron chi connectivity index (χ1n) is 8.56. The Balaban J connectivity index is 1.91. The molecule has 138 valence electrons. The third kappa shape index (κ3) is 3.72. The van der Waals surface area contributed by atoms with Gasteiger partial charge < -0.3 is 4.90 Å². The Hall–Kier alpha value is -2.41. The van der Waals surface area contributed by atoms with Crippen LogP contribution in [0.4, 0.5) is 11.4 Å². The lowest BCUT2D eigenvalue weighted by molar-refractivity contribution is -0.384. The zero-order chi connectivity index (χ0) is 18.9. The van der Waals surface area contributed by atoms with Crippen LogP contribution in [-0.2, 0) is 0 Å². The molecule has 0 spiro atoms. The van der Waals surface area contributed by atoms with E-state index in [1.54, 1.807) is 6.20 Å². The summed E-state index contributed by atoms with van der Waals surface area (Å²) in [6.45, 7) is 6.17. The summed E-state index contributed by atoms with van der Waals surface area (Å²) in [7, 11) is 0. The Morgan fingerprint density at radius 3 is 2.54 bits per heavy atom. The largest absolute Gasteiger partial charge is 0.369 e. The van der Waals surface area contributed by atoms with Crippen molar-refractivity contribution in [3.63, 3.8) is 0 Å². The smallest absolute Gasteiger partial charge is 0.292 e. The fraction of sp³-hybridized carbons (Fsp3) is 0.444. The molecule has 1 aromatic carbocycles. The molecule has 3 rings (SSSR count). The van der Waals surface area contributed by atoms with Gasteiger partial charge in [-0.05, 0) is 36.8 Å². The molecule has 1 aromatic heterocycles. The normalized spacial score (nSPS) is 17.0. The van der Waals surface area contributed by atoms with E-state index in [1.165, 1.54) is 24.3 Å². The van der Waals surface area contributed by atoms with E-state index >= 15 is 0 Å². The summed E-state index contributed by atoms with van der Waals surface area (Å²) in [5, 5.41) is 15.1. The molecule has 1 aliphatic rings. The molecule has 0 radical (unpaired) electrons. The summed E-state index contributed by atoms with van der Waals surface area (Å²) in [6, 6.07) is 5.64. The number of hydrogen-bond acceptors (Lipinski definition) is 5. The number of benzene rings is 1. The van der Waals surface area contributed by atoms with Gasteiger partial charge in [0.1, 0.15) is 5.02 Å². The minimum Gasteiger partial charge on any atom is -0.369 e. The molecule has 1 fully saturated rings. The van der Waals surface area contributed by atoms with Crippen molar-refractivity contribution < 1.29 is 4.92 Å². The lowest BCUT2D eigenvalue weighted by atomic mass is 9.85. The molecule has 2 aromatic rings. The summed E-state index contributed by atoms with van der Waals surface area (Å²) >= 11 is 6.36. The fourth-order valence-corrected chi connectivity index (χ4v) is 3.46. The van der Waals surface area contributed by atoms with Crippen molar-refractivity contribution in [3.05, 3.63) is 56.0 Å². The minimum atomic E-state index is -0.489. The number of nitro benzene ring substituents is 1. The van der Waals surface area contributed by atoms with Crippen molar-refractivity contribution in [2.24, 2.45) is 5.41 Å². The van der Waals surface area contributed by atoms with Crippen molar-refractivity contribution in [3.8, 4) is 5.69 Å². The number of aromatic nitrogens is 2. The molecular formula is C18H21ClN4O3. The van der Waals surface area contributed by atoms with Crippen LogP contribution in [-0.4, -0.2) is 27.8 Å². The quantitative estimate of drug-likeness (QED) is 0.601. The van der Waals surface area contributed by atoms with Crippen LogP contribution in [0, 0.1) is 15.5 Å². The number of nitrogens with zero attached hydrogens (tertiary/aromatic N) is 4. The van der Waals surface area contributed by atoms with E-state index in [4.69, 9.17) is 11.6 Å². The van der Waals surface area contributed by atoms with Gasteiger partial charge in [0.05, 0.1) is 22.5 Å². The summed E-state index contributed by atoms with van der Waals surface area (Å²) in [5.41, 5.74) is 0.888. The molecule has 0 saturated carbocycles. The maximum absolute atomic E-state index is 12.7. The van der Waals surface area contributed by atoms with Gasteiger partial charge in [0.25, 0.3) is 11.2 Å². The predicted molar refractivity (Wildman–Crippen MR) is 101 cm³/mol. The van der Waals surface area contributed by atoms with Crippen LogP contribution in [0.2, 0.25) is 5.02 Å². The molecule has 0 aliphatic carbocycles. The van der Waals surface area contributed by atoms with Crippen LogP contribution in [0.5, 0.6) is 0 Å². The van der Waals surface area contributed by atoms with E-state index in [2.05, 4.69) is 23.8 Å². The van der Waals surface area contributed by atoms with Gasteiger partial charge in [-0.2, -0.15) is 9.78 Å². The van der Waals surface area contributed by atoms with Crippen LogP contribution in [0.1, 0.15) is 33.1 Å². The number of anilines is 1. The molecule has 0 bridgehead atoms. The second-order valence-corrected chi connectivity index (χ2v) is 7.72. The standard InChI is InChI=1S/C18H21ClN4O3/c1-18(2)8-3-10-21(11-9-18)15-12-20-22(17(24)16(15)19)13-4-6-14(7-5-13)23(25)26/h4-7,12H,3,8-11H2,1-2H3. The second-order valence-electron chi connectivity index (χ2n) is 7.34. The Morgan fingerprint density at radius 2 is 1.88 bits per heavy atom. The molecule has 1 saturated heterocycles. The lowest BCUT2D eigenvalue weighted by Crippen LogP contribution is -2.30. The van der Waals surface area contributed by atoms with Crippen LogP contribution in [0.3, 0.4) is 0 Å². The highest BCUT2D eigenvalue weighted by Gasteiger charge is 2.25. The maximum atomic E-state index is 12.7. The average Bonchev–Trinajstić information content (AvgIpc) is 2.78. The molecule has 0 N–H and O–H groups in total. The Labute approximate surface area is 156 Å².